The molecule has 0 aromatic heterocycles. The highest BCUT2D eigenvalue weighted by Crippen LogP contribution is 2.27. The van der Waals surface area contributed by atoms with Gasteiger partial charge in [-0.15, -0.1) is 0 Å². The SMILES string of the molecule is C=CC(=O)O.COc1cc(C=CC(=O)CC(=O)C=Cc2ccc(O)c(OC)c2)ccc1O. The number of rotatable bonds is 9. The Hall–Kier alpha value is -4.33. The van der Waals surface area contributed by atoms with Crippen molar-refractivity contribution in [2.24, 2.45) is 0 Å². The molecule has 0 saturated heterocycles. The second-order valence-electron chi connectivity index (χ2n) is 6.18. The van der Waals surface area contributed by atoms with Crippen LogP contribution in [0.4, 0.5) is 0 Å². The monoisotopic (exact) mass is 440 g/mol. The third-order valence-electron chi connectivity index (χ3n) is 3.85. The normalized spacial score (nSPS) is 10.3. The highest BCUT2D eigenvalue weighted by molar-refractivity contribution is 6.10. The van der Waals surface area contributed by atoms with E-state index < -0.39 is 5.97 Å². The smallest absolute Gasteiger partial charge is 0.327 e. The maximum absolute atomic E-state index is 11.9. The molecule has 2 aromatic carbocycles. The second-order valence-corrected chi connectivity index (χ2v) is 6.18. The number of ether oxygens (including phenoxy) is 2. The fourth-order valence-corrected chi connectivity index (χ4v) is 2.26. The van der Waals surface area contributed by atoms with E-state index >= 15 is 0 Å². The van der Waals surface area contributed by atoms with Crippen LogP contribution in [0.15, 0.2) is 61.2 Å². The van der Waals surface area contributed by atoms with Gasteiger partial charge >= 0.3 is 5.97 Å². The van der Waals surface area contributed by atoms with E-state index in [-0.39, 0.29) is 29.5 Å². The second kappa shape index (κ2) is 13.1. The predicted molar refractivity (Wildman–Crippen MR) is 120 cm³/mol. The summed E-state index contributed by atoms with van der Waals surface area (Å²) < 4.78 is 10.00. The number of phenols is 2. The molecule has 32 heavy (non-hydrogen) atoms. The van der Waals surface area contributed by atoms with Gasteiger partial charge in [-0.1, -0.05) is 30.9 Å². The summed E-state index contributed by atoms with van der Waals surface area (Å²) in [6.07, 6.45) is 6.28. The molecule has 0 unspecified atom stereocenters. The summed E-state index contributed by atoms with van der Waals surface area (Å²) in [6.45, 7) is 2.96. The van der Waals surface area contributed by atoms with Crippen LogP contribution >= 0.6 is 0 Å². The average molecular weight is 440 g/mol. The van der Waals surface area contributed by atoms with Crippen molar-refractivity contribution >= 4 is 29.7 Å². The number of carboxylic acids is 1. The van der Waals surface area contributed by atoms with E-state index in [1.165, 1.54) is 38.5 Å². The Balaban J connectivity index is 0.000000920. The van der Waals surface area contributed by atoms with Gasteiger partial charge < -0.3 is 24.8 Å². The largest absolute Gasteiger partial charge is 0.504 e. The lowest BCUT2D eigenvalue weighted by Gasteiger charge is -2.03. The van der Waals surface area contributed by atoms with E-state index in [1.807, 2.05) is 0 Å². The standard InChI is InChI=1S/C21H20O6.C3H4O2/c1-26-20-11-14(5-9-18(20)24)3-7-16(22)13-17(23)8-4-15-6-10-19(25)21(12-15)27-2;1-2-3(4)5/h3-12,24-25H,13H2,1-2H3;2H,1H2,(H,4,5). The van der Waals surface area contributed by atoms with Gasteiger partial charge in [0, 0.05) is 6.08 Å². The van der Waals surface area contributed by atoms with Gasteiger partial charge in [0.1, 0.15) is 0 Å². The molecule has 0 aliphatic carbocycles. The van der Waals surface area contributed by atoms with E-state index in [9.17, 15) is 24.6 Å². The third-order valence-corrected chi connectivity index (χ3v) is 3.85. The van der Waals surface area contributed by atoms with Gasteiger partial charge in [0.05, 0.1) is 20.6 Å². The Morgan fingerprint density at radius 2 is 1.22 bits per heavy atom. The predicted octanol–water partition coefficient (Wildman–Crippen LogP) is 3.63. The van der Waals surface area contributed by atoms with Crippen LogP contribution in [0.1, 0.15) is 17.5 Å². The molecule has 0 aliphatic rings. The average Bonchev–Trinajstić information content (AvgIpc) is 2.78. The fourth-order valence-electron chi connectivity index (χ4n) is 2.26. The molecule has 8 nitrogen and oxygen atoms in total. The van der Waals surface area contributed by atoms with Crippen molar-refractivity contribution in [3.63, 3.8) is 0 Å². The van der Waals surface area contributed by atoms with Crippen molar-refractivity contribution in [3.05, 3.63) is 72.3 Å². The quantitative estimate of drug-likeness (QED) is 0.398. The lowest BCUT2D eigenvalue weighted by molar-refractivity contribution is -0.131. The van der Waals surface area contributed by atoms with Crippen LogP contribution in [0.25, 0.3) is 12.2 Å². The maximum atomic E-state index is 11.9. The first kappa shape index (κ1) is 25.7. The number of allylic oxidation sites excluding steroid dienone is 2. The highest BCUT2D eigenvalue weighted by atomic mass is 16.5. The van der Waals surface area contributed by atoms with Gasteiger partial charge in [-0.3, -0.25) is 9.59 Å². The van der Waals surface area contributed by atoms with Gasteiger partial charge in [-0.25, -0.2) is 4.79 Å². The molecular formula is C24H24O8. The topological polar surface area (TPSA) is 130 Å². The van der Waals surface area contributed by atoms with Crippen molar-refractivity contribution in [1.29, 1.82) is 0 Å². The Morgan fingerprint density at radius 3 is 1.53 bits per heavy atom. The summed E-state index contributed by atoms with van der Waals surface area (Å²) >= 11 is 0. The molecule has 168 valence electrons. The highest BCUT2D eigenvalue weighted by Gasteiger charge is 2.06. The molecular weight excluding hydrogens is 416 g/mol. The molecule has 0 fully saturated rings. The molecule has 0 amide bonds. The molecule has 0 saturated carbocycles. The Labute approximate surface area is 185 Å². The van der Waals surface area contributed by atoms with E-state index in [0.717, 1.165) is 6.08 Å². The molecule has 3 N–H and O–H groups in total. The summed E-state index contributed by atoms with van der Waals surface area (Å²) in [7, 11) is 2.87. The van der Waals surface area contributed by atoms with Crippen LogP contribution in [0.5, 0.6) is 23.0 Å². The Morgan fingerprint density at radius 1 is 0.844 bits per heavy atom. The van der Waals surface area contributed by atoms with Crippen molar-refractivity contribution in [1.82, 2.24) is 0 Å². The molecule has 2 rings (SSSR count). The summed E-state index contributed by atoms with van der Waals surface area (Å²) in [6, 6.07) is 9.34. The van der Waals surface area contributed by atoms with Gasteiger partial charge in [-0.05, 0) is 47.5 Å². The van der Waals surface area contributed by atoms with Crippen molar-refractivity contribution in [2.45, 2.75) is 6.42 Å². The lowest BCUT2D eigenvalue weighted by Crippen LogP contribution is -2.01. The number of carbonyl (C=O) groups is 3. The van der Waals surface area contributed by atoms with Crippen LogP contribution in [-0.4, -0.2) is 47.1 Å². The summed E-state index contributed by atoms with van der Waals surface area (Å²) in [4.78, 5) is 33.1. The zero-order valence-electron chi connectivity index (χ0n) is 17.6. The first-order valence-corrected chi connectivity index (χ1v) is 9.21. The molecule has 2 aromatic rings. The van der Waals surface area contributed by atoms with Gasteiger partial charge in [0.15, 0.2) is 34.6 Å². The van der Waals surface area contributed by atoms with Crippen LogP contribution < -0.4 is 9.47 Å². The van der Waals surface area contributed by atoms with E-state index in [0.29, 0.717) is 22.6 Å². The number of carbonyl (C=O) groups excluding carboxylic acids is 2. The van der Waals surface area contributed by atoms with Gasteiger partial charge in [-0.2, -0.15) is 0 Å². The first-order valence-electron chi connectivity index (χ1n) is 9.21. The molecule has 0 radical (unpaired) electrons. The lowest BCUT2D eigenvalue weighted by atomic mass is 10.1. The minimum atomic E-state index is -0.981. The summed E-state index contributed by atoms with van der Waals surface area (Å²) in [5.41, 5.74) is 1.33. The van der Waals surface area contributed by atoms with Gasteiger partial charge in [0.2, 0.25) is 0 Å². The molecule has 0 heterocycles. The van der Waals surface area contributed by atoms with Crippen molar-refractivity contribution < 1.29 is 39.2 Å². The van der Waals surface area contributed by atoms with E-state index in [4.69, 9.17) is 14.6 Å². The molecule has 0 bridgehead atoms. The number of aromatic hydroxyl groups is 2. The first-order chi connectivity index (χ1) is 15.2. The molecule has 0 atom stereocenters. The third kappa shape index (κ3) is 9.00. The van der Waals surface area contributed by atoms with Crippen LogP contribution in [0, 0.1) is 0 Å². The van der Waals surface area contributed by atoms with Crippen LogP contribution in [0.2, 0.25) is 0 Å². The van der Waals surface area contributed by atoms with Crippen LogP contribution in [-0.2, 0) is 14.4 Å². The van der Waals surface area contributed by atoms with E-state index in [2.05, 4.69) is 6.58 Å². The number of aliphatic carboxylic acids is 1. The van der Waals surface area contributed by atoms with Crippen molar-refractivity contribution in [3.8, 4) is 23.0 Å². The zero-order valence-corrected chi connectivity index (χ0v) is 17.6. The minimum absolute atomic E-state index is 0.00662. The minimum Gasteiger partial charge on any atom is -0.504 e. The molecule has 0 spiro atoms. The van der Waals surface area contributed by atoms with Crippen LogP contribution in [0.3, 0.4) is 0 Å². The van der Waals surface area contributed by atoms with E-state index in [1.54, 1.807) is 36.4 Å². The number of methoxy groups -OCH3 is 2. The number of hydrogen-bond acceptors (Lipinski definition) is 7. The molecule has 8 heteroatoms. The number of ketones is 2. The number of hydrogen-bond donors (Lipinski definition) is 3. The summed E-state index contributed by atoms with van der Waals surface area (Å²) in [5.74, 6) is -1.06. The summed E-state index contributed by atoms with van der Waals surface area (Å²) in [5, 5.41) is 26.7. The maximum Gasteiger partial charge on any atom is 0.327 e. The Kier molecular flexibility index (Phi) is 10.5. The fraction of sp³-hybridized carbons (Fsp3) is 0.125. The number of carboxylic acid groups (broad SMARTS) is 1. The number of benzene rings is 2. The van der Waals surface area contributed by atoms with Crippen molar-refractivity contribution in [2.75, 3.05) is 14.2 Å². The van der Waals surface area contributed by atoms with Gasteiger partial charge in [0.25, 0.3) is 0 Å². The zero-order chi connectivity index (χ0) is 24.1. The Bertz CT molecular complexity index is 961. The molecule has 0 aliphatic heterocycles. The number of phenolic OH excluding ortho intramolecular Hbond substituents is 2.